The molecule has 1 unspecified atom stereocenters. The normalized spacial score (nSPS) is 18.9. The van der Waals surface area contributed by atoms with Crippen molar-refractivity contribution >= 4 is 33.2 Å². The maximum atomic E-state index is 12.8. The Balaban J connectivity index is 1.80. The second-order valence-corrected chi connectivity index (χ2v) is 9.91. The summed E-state index contributed by atoms with van der Waals surface area (Å²) >= 11 is 1.49. The topological polar surface area (TPSA) is 63.2 Å². The first-order chi connectivity index (χ1) is 11.9. The molecular formula is C19H21NO3S2. The number of aryl methyl sites for hydroxylation is 1. The Bertz CT molecular complexity index is 907. The highest BCUT2D eigenvalue weighted by atomic mass is 32.2. The molecule has 0 bridgehead atoms. The number of thioether (sulfide) groups is 1. The van der Waals surface area contributed by atoms with Crippen molar-refractivity contribution in [2.75, 3.05) is 16.8 Å². The zero-order valence-corrected chi connectivity index (χ0v) is 15.9. The van der Waals surface area contributed by atoms with Crippen LogP contribution in [-0.2, 0) is 9.84 Å². The third kappa shape index (κ3) is 4.25. The van der Waals surface area contributed by atoms with Crippen LogP contribution >= 0.6 is 11.8 Å². The van der Waals surface area contributed by atoms with Crippen LogP contribution in [0, 0.1) is 13.8 Å². The van der Waals surface area contributed by atoms with E-state index in [-0.39, 0.29) is 22.7 Å². The van der Waals surface area contributed by atoms with Crippen molar-refractivity contribution in [1.29, 1.82) is 0 Å². The molecule has 1 N–H and O–H groups in total. The van der Waals surface area contributed by atoms with Crippen molar-refractivity contribution in [3.8, 4) is 0 Å². The number of hydrogen-bond acceptors (Lipinski definition) is 4. The Morgan fingerprint density at radius 2 is 1.88 bits per heavy atom. The molecule has 25 heavy (non-hydrogen) atoms. The Hall–Kier alpha value is -1.79. The summed E-state index contributed by atoms with van der Waals surface area (Å²) in [5, 5.41) is 2.99. The zero-order chi connectivity index (χ0) is 18.0. The van der Waals surface area contributed by atoms with Crippen LogP contribution in [0.2, 0.25) is 0 Å². The number of nitrogens with one attached hydrogen (secondary N) is 1. The molecule has 2 aromatic carbocycles. The molecule has 0 spiro atoms. The number of carbonyl (C=O) groups excluding carboxylic acids is 1. The summed E-state index contributed by atoms with van der Waals surface area (Å²) in [6.07, 6.45) is 0.639. The minimum Gasteiger partial charge on any atom is -0.322 e. The molecule has 2 aromatic rings. The van der Waals surface area contributed by atoms with Gasteiger partial charge in [0, 0.05) is 15.8 Å². The van der Waals surface area contributed by atoms with Crippen LogP contribution in [0.25, 0.3) is 0 Å². The van der Waals surface area contributed by atoms with Crippen LogP contribution in [0.1, 0.15) is 27.9 Å². The molecule has 0 radical (unpaired) electrons. The molecule has 0 saturated carbocycles. The number of hydrogen-bond donors (Lipinski definition) is 1. The molecule has 1 fully saturated rings. The fourth-order valence-corrected chi connectivity index (χ4v) is 6.49. The van der Waals surface area contributed by atoms with Gasteiger partial charge in [0.25, 0.3) is 5.91 Å². The highest BCUT2D eigenvalue weighted by Crippen LogP contribution is 2.33. The van der Waals surface area contributed by atoms with Gasteiger partial charge < -0.3 is 5.32 Å². The third-order valence-corrected chi connectivity index (χ3v) is 7.79. The predicted molar refractivity (Wildman–Crippen MR) is 103 cm³/mol. The number of sulfone groups is 1. The Labute approximate surface area is 152 Å². The van der Waals surface area contributed by atoms with Crippen molar-refractivity contribution in [3.05, 3.63) is 59.2 Å². The molecule has 1 atom stereocenters. The van der Waals surface area contributed by atoms with Crippen molar-refractivity contribution in [1.82, 2.24) is 0 Å². The van der Waals surface area contributed by atoms with Gasteiger partial charge in [0.15, 0.2) is 9.84 Å². The average Bonchev–Trinajstić information content (AvgIpc) is 2.91. The van der Waals surface area contributed by atoms with Gasteiger partial charge in [0.05, 0.1) is 17.1 Å². The molecule has 1 aliphatic heterocycles. The molecule has 6 heteroatoms. The summed E-state index contributed by atoms with van der Waals surface area (Å²) in [4.78, 5) is 13.6. The molecule has 1 saturated heterocycles. The second kappa shape index (κ2) is 7.22. The standard InChI is InChI=1S/C19H21NO3S2/c1-13-6-5-8-17(14(13)2)20-19(21)16-7-3-4-9-18(16)24-15-10-11-25(22,23)12-15/h3-9,15H,10-12H2,1-2H3,(H,20,21). The number of rotatable bonds is 4. The lowest BCUT2D eigenvalue weighted by atomic mass is 10.1. The van der Waals surface area contributed by atoms with Crippen LogP contribution in [-0.4, -0.2) is 31.1 Å². The Morgan fingerprint density at radius 1 is 1.12 bits per heavy atom. The lowest BCUT2D eigenvalue weighted by molar-refractivity contribution is 0.102. The average molecular weight is 376 g/mol. The summed E-state index contributed by atoms with van der Waals surface area (Å²) in [6.45, 7) is 3.99. The van der Waals surface area contributed by atoms with Gasteiger partial charge in [0.2, 0.25) is 0 Å². The monoisotopic (exact) mass is 375 g/mol. The van der Waals surface area contributed by atoms with E-state index in [2.05, 4.69) is 5.32 Å². The molecule has 4 nitrogen and oxygen atoms in total. The van der Waals surface area contributed by atoms with E-state index in [9.17, 15) is 13.2 Å². The molecular weight excluding hydrogens is 354 g/mol. The third-order valence-electron chi connectivity index (χ3n) is 4.47. The van der Waals surface area contributed by atoms with Crippen LogP contribution in [0.15, 0.2) is 47.4 Å². The van der Waals surface area contributed by atoms with Gasteiger partial charge in [-0.05, 0) is 49.6 Å². The van der Waals surface area contributed by atoms with Crippen molar-refractivity contribution in [3.63, 3.8) is 0 Å². The zero-order valence-electron chi connectivity index (χ0n) is 14.3. The largest absolute Gasteiger partial charge is 0.322 e. The van der Waals surface area contributed by atoms with Crippen molar-refractivity contribution in [2.24, 2.45) is 0 Å². The summed E-state index contributed by atoms with van der Waals surface area (Å²) < 4.78 is 23.3. The maximum Gasteiger partial charge on any atom is 0.256 e. The van der Waals surface area contributed by atoms with E-state index in [0.29, 0.717) is 12.0 Å². The fourth-order valence-electron chi connectivity index (χ4n) is 2.87. The summed E-state index contributed by atoms with van der Waals surface area (Å²) in [5.41, 5.74) is 3.55. The van der Waals surface area contributed by atoms with Gasteiger partial charge in [0.1, 0.15) is 0 Å². The van der Waals surface area contributed by atoms with E-state index in [1.807, 2.05) is 50.2 Å². The van der Waals surface area contributed by atoms with Gasteiger partial charge in [-0.1, -0.05) is 24.3 Å². The van der Waals surface area contributed by atoms with E-state index in [1.165, 1.54) is 11.8 Å². The number of carbonyl (C=O) groups is 1. The first-order valence-electron chi connectivity index (χ1n) is 8.19. The smallest absolute Gasteiger partial charge is 0.256 e. The van der Waals surface area contributed by atoms with Crippen molar-refractivity contribution in [2.45, 2.75) is 30.4 Å². The van der Waals surface area contributed by atoms with Crippen LogP contribution in [0.4, 0.5) is 5.69 Å². The first-order valence-corrected chi connectivity index (χ1v) is 10.9. The highest BCUT2D eigenvalue weighted by molar-refractivity contribution is 8.02. The minimum absolute atomic E-state index is 0.0136. The number of amides is 1. The second-order valence-electron chi connectivity index (χ2n) is 6.34. The summed E-state index contributed by atoms with van der Waals surface area (Å²) in [7, 11) is -2.93. The number of benzene rings is 2. The van der Waals surface area contributed by atoms with Crippen LogP contribution in [0.5, 0.6) is 0 Å². The quantitative estimate of drug-likeness (QED) is 0.882. The lowest BCUT2D eigenvalue weighted by Gasteiger charge is -2.14. The highest BCUT2D eigenvalue weighted by Gasteiger charge is 2.29. The Morgan fingerprint density at radius 3 is 2.60 bits per heavy atom. The number of anilines is 1. The van der Waals surface area contributed by atoms with E-state index < -0.39 is 9.84 Å². The summed E-state index contributed by atoms with van der Waals surface area (Å²) in [5.74, 6) is 0.254. The fraction of sp³-hybridized carbons (Fsp3) is 0.316. The van der Waals surface area contributed by atoms with Gasteiger partial charge >= 0.3 is 0 Å². The molecule has 132 valence electrons. The molecule has 1 amide bonds. The van der Waals surface area contributed by atoms with Gasteiger partial charge in [-0.2, -0.15) is 0 Å². The molecule has 0 aromatic heterocycles. The maximum absolute atomic E-state index is 12.8. The van der Waals surface area contributed by atoms with Gasteiger partial charge in [-0.15, -0.1) is 11.8 Å². The van der Waals surface area contributed by atoms with E-state index in [4.69, 9.17) is 0 Å². The van der Waals surface area contributed by atoms with Crippen LogP contribution in [0.3, 0.4) is 0 Å². The van der Waals surface area contributed by atoms with Crippen molar-refractivity contribution < 1.29 is 13.2 Å². The Kier molecular flexibility index (Phi) is 5.20. The molecule has 1 heterocycles. The predicted octanol–water partition coefficient (Wildman–Crippen LogP) is 3.83. The van der Waals surface area contributed by atoms with Gasteiger partial charge in [-0.3, -0.25) is 4.79 Å². The minimum atomic E-state index is -2.93. The SMILES string of the molecule is Cc1cccc(NC(=O)c2ccccc2SC2CCS(=O)(=O)C2)c1C. The van der Waals surface area contributed by atoms with Gasteiger partial charge in [-0.25, -0.2) is 8.42 Å². The van der Waals surface area contributed by atoms with E-state index in [0.717, 1.165) is 21.7 Å². The van der Waals surface area contributed by atoms with E-state index in [1.54, 1.807) is 6.07 Å². The molecule has 1 aliphatic rings. The van der Waals surface area contributed by atoms with Crippen LogP contribution < -0.4 is 5.32 Å². The summed E-state index contributed by atoms with van der Waals surface area (Å²) in [6, 6.07) is 13.2. The molecule has 3 rings (SSSR count). The lowest BCUT2D eigenvalue weighted by Crippen LogP contribution is -2.15. The first kappa shape index (κ1) is 18.0. The molecule has 0 aliphatic carbocycles. The van der Waals surface area contributed by atoms with E-state index >= 15 is 0 Å².